The van der Waals surface area contributed by atoms with Crippen molar-refractivity contribution in [2.75, 3.05) is 32.1 Å². The van der Waals surface area contributed by atoms with Crippen molar-refractivity contribution in [2.24, 2.45) is 0 Å². The predicted molar refractivity (Wildman–Crippen MR) is 114 cm³/mol. The first-order chi connectivity index (χ1) is 14.9. The lowest BCUT2D eigenvalue weighted by Crippen LogP contribution is -2.29. The normalized spacial score (nSPS) is 15.8. The minimum absolute atomic E-state index is 0.00353. The van der Waals surface area contributed by atoms with Gasteiger partial charge in [0.2, 0.25) is 0 Å². The van der Waals surface area contributed by atoms with Crippen LogP contribution in [-0.2, 0) is 4.74 Å². The largest absolute Gasteiger partial charge is 0.493 e. The second-order valence-corrected chi connectivity index (χ2v) is 7.39. The fourth-order valence-electron chi connectivity index (χ4n) is 3.26. The molecule has 1 saturated heterocycles. The van der Waals surface area contributed by atoms with Crippen LogP contribution < -0.4 is 14.8 Å². The maximum atomic E-state index is 13.5. The van der Waals surface area contributed by atoms with E-state index in [1.807, 2.05) is 6.92 Å². The molecule has 0 radical (unpaired) electrons. The quantitative estimate of drug-likeness (QED) is 0.575. The Morgan fingerprint density at radius 2 is 2.13 bits per heavy atom. The molecule has 1 atom stereocenters. The SMILES string of the molecule is COc1cc2ncnc(Nc3ccc(F)c(Cl)c3)c2cc1OCCN1C[C@H](C)OC1=O. The summed E-state index contributed by atoms with van der Waals surface area (Å²) in [5.74, 6) is 0.971. The minimum Gasteiger partial charge on any atom is -0.493 e. The number of carbonyl (C=O) groups excluding carboxylic acids is 1. The number of fused-ring (bicyclic) bond motifs is 1. The molecule has 0 aliphatic carbocycles. The highest BCUT2D eigenvalue weighted by atomic mass is 35.5. The van der Waals surface area contributed by atoms with E-state index in [0.717, 1.165) is 0 Å². The average Bonchev–Trinajstić information content (AvgIpc) is 3.07. The number of nitrogens with zero attached hydrogens (tertiary/aromatic N) is 3. The van der Waals surface area contributed by atoms with E-state index in [-0.39, 0.29) is 23.8 Å². The first-order valence-corrected chi connectivity index (χ1v) is 9.95. The molecule has 1 N–H and O–H groups in total. The summed E-state index contributed by atoms with van der Waals surface area (Å²) in [5.41, 5.74) is 1.21. The maximum absolute atomic E-state index is 13.5. The van der Waals surface area contributed by atoms with Crippen LogP contribution >= 0.6 is 11.6 Å². The third kappa shape index (κ3) is 4.56. The molecule has 1 aromatic heterocycles. The molecule has 4 rings (SSSR count). The molecule has 0 spiro atoms. The van der Waals surface area contributed by atoms with E-state index in [0.29, 0.717) is 47.0 Å². The number of cyclic esters (lactones) is 1. The molecule has 0 saturated carbocycles. The summed E-state index contributed by atoms with van der Waals surface area (Å²) >= 11 is 5.87. The van der Waals surface area contributed by atoms with E-state index >= 15 is 0 Å². The molecule has 31 heavy (non-hydrogen) atoms. The van der Waals surface area contributed by atoms with Crippen molar-refractivity contribution in [2.45, 2.75) is 13.0 Å². The molecule has 1 amide bonds. The van der Waals surface area contributed by atoms with Gasteiger partial charge in [0.05, 0.1) is 30.7 Å². The van der Waals surface area contributed by atoms with Crippen molar-refractivity contribution in [1.82, 2.24) is 14.9 Å². The smallest absolute Gasteiger partial charge is 0.410 e. The second-order valence-electron chi connectivity index (χ2n) is 6.99. The van der Waals surface area contributed by atoms with Gasteiger partial charge in [-0.1, -0.05) is 11.6 Å². The van der Waals surface area contributed by atoms with Gasteiger partial charge in [-0.3, -0.25) is 0 Å². The Hall–Kier alpha value is -3.33. The monoisotopic (exact) mass is 446 g/mol. The number of aromatic nitrogens is 2. The summed E-state index contributed by atoms with van der Waals surface area (Å²) in [6, 6.07) is 7.80. The summed E-state index contributed by atoms with van der Waals surface area (Å²) < 4.78 is 29.9. The summed E-state index contributed by atoms with van der Waals surface area (Å²) in [6.07, 6.45) is 0.934. The lowest BCUT2D eigenvalue weighted by atomic mass is 10.2. The lowest BCUT2D eigenvalue weighted by molar-refractivity contribution is 0.135. The van der Waals surface area contributed by atoms with E-state index in [2.05, 4.69) is 15.3 Å². The number of benzene rings is 2. The van der Waals surface area contributed by atoms with Gasteiger partial charge in [0.25, 0.3) is 0 Å². The molecular weight excluding hydrogens is 427 g/mol. The number of hydrogen-bond acceptors (Lipinski definition) is 7. The Balaban J connectivity index is 1.57. The van der Waals surface area contributed by atoms with E-state index in [4.69, 9.17) is 25.8 Å². The van der Waals surface area contributed by atoms with Crippen LogP contribution in [-0.4, -0.2) is 53.9 Å². The molecule has 0 bridgehead atoms. The third-order valence-electron chi connectivity index (χ3n) is 4.76. The van der Waals surface area contributed by atoms with Crippen molar-refractivity contribution < 1.29 is 23.4 Å². The molecule has 8 nitrogen and oxygen atoms in total. The number of carbonyl (C=O) groups is 1. The van der Waals surface area contributed by atoms with Crippen molar-refractivity contribution in [3.8, 4) is 11.5 Å². The number of halogens is 2. The zero-order valence-corrected chi connectivity index (χ0v) is 17.6. The van der Waals surface area contributed by atoms with Crippen LogP contribution in [0.4, 0.5) is 20.7 Å². The number of ether oxygens (including phenoxy) is 3. The van der Waals surface area contributed by atoms with Crippen LogP contribution in [0.25, 0.3) is 10.9 Å². The highest BCUT2D eigenvalue weighted by Crippen LogP contribution is 2.35. The van der Waals surface area contributed by atoms with Crippen molar-refractivity contribution in [3.63, 3.8) is 0 Å². The number of anilines is 2. The lowest BCUT2D eigenvalue weighted by Gasteiger charge is -2.16. The van der Waals surface area contributed by atoms with Crippen molar-refractivity contribution in [3.05, 3.63) is 47.5 Å². The summed E-state index contributed by atoms with van der Waals surface area (Å²) in [6.45, 7) is 3.01. The fraction of sp³-hybridized carbons (Fsp3) is 0.286. The summed E-state index contributed by atoms with van der Waals surface area (Å²) in [7, 11) is 1.54. The molecule has 162 valence electrons. The standard InChI is InChI=1S/C21H20ClFN4O4/c1-12-10-27(21(28)31-12)5-6-30-19-8-14-17(9-18(19)29-2)24-11-25-20(14)26-13-3-4-16(23)15(22)7-13/h3-4,7-9,11-12H,5-6,10H2,1-2H3,(H,24,25,26)/t12-/m0/s1. The first kappa shape index (κ1) is 20.9. The fourth-order valence-corrected chi connectivity index (χ4v) is 3.44. The zero-order chi connectivity index (χ0) is 22.0. The van der Waals surface area contributed by atoms with Gasteiger partial charge in [-0.05, 0) is 31.2 Å². The predicted octanol–water partition coefficient (Wildman–Crippen LogP) is 4.39. The van der Waals surface area contributed by atoms with E-state index in [9.17, 15) is 9.18 Å². The van der Waals surface area contributed by atoms with Gasteiger partial charge in [-0.15, -0.1) is 0 Å². The van der Waals surface area contributed by atoms with Crippen LogP contribution in [0.3, 0.4) is 0 Å². The molecule has 1 aliphatic heterocycles. The first-order valence-electron chi connectivity index (χ1n) is 9.58. The van der Waals surface area contributed by atoms with Gasteiger partial charge in [-0.25, -0.2) is 19.2 Å². The molecule has 2 aromatic carbocycles. The van der Waals surface area contributed by atoms with Crippen LogP contribution in [0.15, 0.2) is 36.7 Å². The number of methoxy groups -OCH3 is 1. The second kappa shape index (κ2) is 8.81. The summed E-state index contributed by atoms with van der Waals surface area (Å²) in [5, 5.41) is 3.80. The summed E-state index contributed by atoms with van der Waals surface area (Å²) in [4.78, 5) is 21.9. The Morgan fingerprint density at radius 3 is 2.84 bits per heavy atom. The van der Waals surface area contributed by atoms with Crippen LogP contribution in [0.1, 0.15) is 6.92 Å². The molecule has 2 heterocycles. The molecule has 3 aromatic rings. The Bertz CT molecular complexity index is 1130. The van der Waals surface area contributed by atoms with Crippen molar-refractivity contribution in [1.29, 1.82) is 0 Å². The van der Waals surface area contributed by atoms with E-state index < -0.39 is 5.82 Å². The van der Waals surface area contributed by atoms with Crippen LogP contribution in [0, 0.1) is 5.82 Å². The number of amides is 1. The molecule has 10 heteroatoms. The Kier molecular flexibility index (Phi) is 5.94. The molecule has 0 unspecified atom stereocenters. The number of rotatable bonds is 7. The van der Waals surface area contributed by atoms with Gasteiger partial charge in [-0.2, -0.15) is 0 Å². The highest BCUT2D eigenvalue weighted by Gasteiger charge is 2.27. The Labute approximate surface area is 182 Å². The Morgan fingerprint density at radius 1 is 1.29 bits per heavy atom. The molecule has 1 fully saturated rings. The van der Waals surface area contributed by atoms with Gasteiger partial charge in [0, 0.05) is 17.1 Å². The average molecular weight is 447 g/mol. The van der Waals surface area contributed by atoms with Gasteiger partial charge in [0.1, 0.15) is 30.7 Å². The number of hydrogen-bond donors (Lipinski definition) is 1. The van der Waals surface area contributed by atoms with Gasteiger partial charge in [0.15, 0.2) is 11.5 Å². The topological polar surface area (TPSA) is 85.8 Å². The zero-order valence-electron chi connectivity index (χ0n) is 16.9. The van der Waals surface area contributed by atoms with E-state index in [1.165, 1.54) is 25.6 Å². The number of nitrogens with one attached hydrogen (secondary N) is 1. The highest BCUT2D eigenvalue weighted by molar-refractivity contribution is 6.31. The maximum Gasteiger partial charge on any atom is 0.410 e. The van der Waals surface area contributed by atoms with Crippen LogP contribution in [0.2, 0.25) is 5.02 Å². The molecular formula is C21H20ClFN4O4. The minimum atomic E-state index is -0.503. The van der Waals surface area contributed by atoms with E-state index in [1.54, 1.807) is 23.1 Å². The van der Waals surface area contributed by atoms with Crippen LogP contribution in [0.5, 0.6) is 11.5 Å². The van der Waals surface area contributed by atoms with Crippen molar-refractivity contribution >= 4 is 40.1 Å². The van der Waals surface area contributed by atoms with Gasteiger partial charge < -0.3 is 24.4 Å². The molecule has 1 aliphatic rings. The van der Waals surface area contributed by atoms with Gasteiger partial charge >= 0.3 is 6.09 Å². The third-order valence-corrected chi connectivity index (χ3v) is 5.05.